The number of nitrogen functional groups attached to an aromatic ring is 1. The number of rotatable bonds is 3. The summed E-state index contributed by atoms with van der Waals surface area (Å²) in [7, 11) is 1.51. The molecule has 1 atom stereocenters. The van der Waals surface area contributed by atoms with Crippen LogP contribution in [0.3, 0.4) is 0 Å². The van der Waals surface area contributed by atoms with Gasteiger partial charge in [0.2, 0.25) is 0 Å². The number of methoxy groups -OCH3 is 1. The average molecular weight is 266 g/mol. The first-order valence-electron chi connectivity index (χ1n) is 6.10. The summed E-state index contributed by atoms with van der Waals surface area (Å²) in [5.74, 6) is 0.320. The fourth-order valence-corrected chi connectivity index (χ4v) is 2.08. The minimum atomic E-state index is -0.301. The molecule has 0 spiro atoms. The molecule has 6 nitrogen and oxygen atoms in total. The molecule has 1 aromatic rings. The van der Waals surface area contributed by atoms with Gasteiger partial charge in [-0.1, -0.05) is 0 Å². The molecule has 6 heteroatoms. The highest BCUT2D eigenvalue weighted by molar-refractivity contribution is 5.95. The Labute approximate surface area is 111 Å². The van der Waals surface area contributed by atoms with Crippen molar-refractivity contribution in [2.75, 3.05) is 39.2 Å². The number of benzene rings is 1. The van der Waals surface area contributed by atoms with Crippen LogP contribution < -0.4 is 10.5 Å². The maximum atomic E-state index is 12.4. The number of hydrogen-bond donors (Lipinski definition) is 2. The number of morpholine rings is 1. The minimum Gasteiger partial charge on any atom is -0.495 e. The van der Waals surface area contributed by atoms with Crippen molar-refractivity contribution in [3.05, 3.63) is 23.8 Å². The summed E-state index contributed by atoms with van der Waals surface area (Å²) in [6, 6.07) is 4.61. The van der Waals surface area contributed by atoms with Gasteiger partial charge in [-0.3, -0.25) is 4.79 Å². The summed E-state index contributed by atoms with van der Waals surface area (Å²) in [5.41, 5.74) is 6.70. The van der Waals surface area contributed by atoms with Crippen molar-refractivity contribution in [2.24, 2.45) is 0 Å². The molecule has 19 heavy (non-hydrogen) atoms. The molecule has 104 valence electrons. The van der Waals surface area contributed by atoms with Gasteiger partial charge in [0.05, 0.1) is 38.7 Å². The lowest BCUT2D eigenvalue weighted by Crippen LogP contribution is -2.50. The van der Waals surface area contributed by atoms with Crippen LogP contribution in [-0.4, -0.2) is 55.4 Å². The molecule has 0 saturated carbocycles. The lowest BCUT2D eigenvalue weighted by Gasteiger charge is -2.34. The highest BCUT2D eigenvalue weighted by atomic mass is 16.5. The van der Waals surface area contributed by atoms with Crippen LogP contribution in [0.1, 0.15) is 10.4 Å². The third-order valence-electron chi connectivity index (χ3n) is 3.18. The van der Waals surface area contributed by atoms with Gasteiger partial charge in [-0.15, -0.1) is 0 Å². The first kappa shape index (κ1) is 13.6. The minimum absolute atomic E-state index is 0.113. The first-order valence-corrected chi connectivity index (χ1v) is 6.10. The number of carbonyl (C=O) groups is 1. The normalized spacial score (nSPS) is 19.3. The van der Waals surface area contributed by atoms with E-state index < -0.39 is 0 Å². The predicted molar refractivity (Wildman–Crippen MR) is 70.1 cm³/mol. The Hall–Kier alpha value is -1.79. The smallest absolute Gasteiger partial charge is 0.254 e. The summed E-state index contributed by atoms with van der Waals surface area (Å²) < 4.78 is 10.4. The first-order chi connectivity index (χ1) is 9.17. The number of nitrogens with zero attached hydrogens (tertiary/aromatic N) is 1. The van der Waals surface area contributed by atoms with E-state index in [1.165, 1.54) is 7.11 Å². The Morgan fingerprint density at radius 2 is 2.42 bits per heavy atom. The van der Waals surface area contributed by atoms with E-state index in [9.17, 15) is 9.90 Å². The summed E-state index contributed by atoms with van der Waals surface area (Å²) in [5, 5.41) is 9.28. The molecule has 1 aliphatic rings. The van der Waals surface area contributed by atoms with E-state index in [0.717, 1.165) is 0 Å². The van der Waals surface area contributed by atoms with Crippen molar-refractivity contribution in [3.8, 4) is 5.75 Å². The largest absolute Gasteiger partial charge is 0.495 e. The van der Waals surface area contributed by atoms with Gasteiger partial charge < -0.3 is 25.2 Å². The van der Waals surface area contributed by atoms with Crippen LogP contribution in [0.2, 0.25) is 0 Å². The number of hydrogen-bond acceptors (Lipinski definition) is 5. The van der Waals surface area contributed by atoms with Crippen molar-refractivity contribution in [3.63, 3.8) is 0 Å². The van der Waals surface area contributed by atoms with E-state index in [1.807, 2.05) is 0 Å². The monoisotopic (exact) mass is 266 g/mol. The topological polar surface area (TPSA) is 85.0 Å². The maximum absolute atomic E-state index is 12.4. The van der Waals surface area contributed by atoms with Gasteiger partial charge >= 0.3 is 0 Å². The number of ether oxygens (including phenoxy) is 2. The van der Waals surface area contributed by atoms with Crippen molar-refractivity contribution in [1.29, 1.82) is 0 Å². The fourth-order valence-electron chi connectivity index (χ4n) is 2.08. The van der Waals surface area contributed by atoms with Gasteiger partial charge in [-0.2, -0.15) is 0 Å². The van der Waals surface area contributed by atoms with E-state index in [1.54, 1.807) is 23.1 Å². The SMILES string of the molecule is COc1cc(C(=O)N2CCOCC2CO)ccc1N. The van der Waals surface area contributed by atoms with Gasteiger partial charge in [0.1, 0.15) is 5.75 Å². The third-order valence-corrected chi connectivity index (χ3v) is 3.18. The van der Waals surface area contributed by atoms with Crippen LogP contribution in [0.15, 0.2) is 18.2 Å². The van der Waals surface area contributed by atoms with Gasteiger partial charge in [-0.05, 0) is 18.2 Å². The van der Waals surface area contributed by atoms with Crippen LogP contribution in [0.4, 0.5) is 5.69 Å². The molecule has 0 bridgehead atoms. The zero-order valence-electron chi connectivity index (χ0n) is 10.8. The standard InChI is InChI=1S/C13H18N2O4/c1-18-12-6-9(2-3-11(12)14)13(17)15-4-5-19-8-10(15)7-16/h2-3,6,10,16H,4-5,7-8,14H2,1H3. The van der Waals surface area contributed by atoms with Crippen molar-refractivity contribution in [1.82, 2.24) is 4.90 Å². The van der Waals surface area contributed by atoms with Crippen LogP contribution in [-0.2, 0) is 4.74 Å². The number of carbonyl (C=O) groups excluding carboxylic acids is 1. The predicted octanol–water partition coefficient (Wildman–Crippen LogP) is 0.111. The van der Waals surface area contributed by atoms with E-state index in [4.69, 9.17) is 15.2 Å². The Bertz CT molecular complexity index is 464. The number of amides is 1. The van der Waals surface area contributed by atoms with Crippen molar-refractivity contribution < 1.29 is 19.4 Å². The summed E-state index contributed by atoms with van der Waals surface area (Å²) in [6.45, 7) is 1.19. The molecule has 1 saturated heterocycles. The van der Waals surface area contributed by atoms with Gasteiger partial charge in [-0.25, -0.2) is 0 Å². The highest BCUT2D eigenvalue weighted by Crippen LogP contribution is 2.23. The second kappa shape index (κ2) is 5.90. The van der Waals surface area contributed by atoms with E-state index in [2.05, 4.69) is 0 Å². The van der Waals surface area contributed by atoms with Gasteiger partial charge in [0.15, 0.2) is 0 Å². The Morgan fingerprint density at radius 3 is 3.11 bits per heavy atom. The summed E-state index contributed by atoms with van der Waals surface area (Å²) in [4.78, 5) is 14.0. The van der Waals surface area contributed by atoms with Crippen LogP contribution >= 0.6 is 0 Å². The quantitative estimate of drug-likeness (QED) is 0.759. The Morgan fingerprint density at radius 1 is 1.63 bits per heavy atom. The molecule has 1 amide bonds. The molecular weight excluding hydrogens is 248 g/mol. The lowest BCUT2D eigenvalue weighted by atomic mass is 10.1. The second-order valence-electron chi connectivity index (χ2n) is 4.37. The zero-order chi connectivity index (χ0) is 13.8. The summed E-state index contributed by atoms with van der Waals surface area (Å²) >= 11 is 0. The number of anilines is 1. The van der Waals surface area contributed by atoms with Crippen LogP contribution in [0, 0.1) is 0 Å². The molecule has 0 radical (unpaired) electrons. The molecule has 1 fully saturated rings. The van der Waals surface area contributed by atoms with E-state index in [0.29, 0.717) is 36.8 Å². The molecule has 2 rings (SSSR count). The van der Waals surface area contributed by atoms with Gasteiger partial charge in [0, 0.05) is 12.1 Å². The zero-order valence-corrected chi connectivity index (χ0v) is 10.8. The average Bonchev–Trinajstić information content (AvgIpc) is 2.47. The molecule has 0 aromatic heterocycles. The molecule has 1 heterocycles. The summed E-state index contributed by atoms with van der Waals surface area (Å²) in [6.07, 6.45) is 0. The van der Waals surface area contributed by atoms with Crippen molar-refractivity contribution in [2.45, 2.75) is 6.04 Å². The molecule has 3 N–H and O–H groups in total. The van der Waals surface area contributed by atoms with Gasteiger partial charge in [0.25, 0.3) is 5.91 Å². The van der Waals surface area contributed by atoms with E-state index in [-0.39, 0.29) is 18.6 Å². The maximum Gasteiger partial charge on any atom is 0.254 e. The van der Waals surface area contributed by atoms with Crippen molar-refractivity contribution >= 4 is 11.6 Å². The molecule has 1 aliphatic heterocycles. The Balaban J connectivity index is 2.22. The lowest BCUT2D eigenvalue weighted by molar-refractivity contribution is -0.0184. The molecule has 0 aliphatic carbocycles. The van der Waals surface area contributed by atoms with E-state index >= 15 is 0 Å². The highest BCUT2D eigenvalue weighted by Gasteiger charge is 2.27. The number of nitrogens with two attached hydrogens (primary N) is 1. The molecular formula is C13H18N2O4. The molecule has 1 aromatic carbocycles. The number of aliphatic hydroxyl groups excluding tert-OH is 1. The molecule has 1 unspecified atom stereocenters. The van der Waals surface area contributed by atoms with Crippen LogP contribution in [0.5, 0.6) is 5.75 Å². The van der Waals surface area contributed by atoms with Crippen LogP contribution in [0.25, 0.3) is 0 Å². The fraction of sp³-hybridized carbons (Fsp3) is 0.462. The number of aliphatic hydroxyl groups is 1. The Kier molecular flexibility index (Phi) is 4.24. The third kappa shape index (κ3) is 2.80. The second-order valence-corrected chi connectivity index (χ2v) is 4.37.